The lowest BCUT2D eigenvalue weighted by molar-refractivity contribution is -0.141. The molecule has 3 rings (SSSR count). The molecule has 2 aliphatic rings. The molecule has 1 aromatic heterocycles. The molecule has 0 spiro atoms. The predicted octanol–water partition coefficient (Wildman–Crippen LogP) is 1.12. The summed E-state index contributed by atoms with van der Waals surface area (Å²) in [7, 11) is 0. The van der Waals surface area contributed by atoms with Crippen molar-refractivity contribution >= 4 is 17.6 Å². The second-order valence-corrected chi connectivity index (χ2v) is 5.51. The maximum absolute atomic E-state index is 11.2. The molecule has 1 fully saturated rings. The highest BCUT2D eigenvalue weighted by Crippen LogP contribution is 2.25. The molecule has 21 heavy (non-hydrogen) atoms. The number of amidine groups is 1. The summed E-state index contributed by atoms with van der Waals surface area (Å²) in [6, 6.07) is 3.90. The van der Waals surface area contributed by atoms with Crippen LogP contribution in [-0.4, -0.2) is 48.1 Å². The van der Waals surface area contributed by atoms with Crippen molar-refractivity contribution in [1.82, 2.24) is 10.3 Å². The molecule has 1 unspecified atom stereocenters. The fourth-order valence-corrected chi connectivity index (χ4v) is 2.92. The van der Waals surface area contributed by atoms with E-state index in [1.807, 2.05) is 12.1 Å². The Morgan fingerprint density at radius 2 is 2.33 bits per heavy atom. The summed E-state index contributed by atoms with van der Waals surface area (Å²) in [5, 5.41) is 12.6. The molecular weight excluding hydrogens is 268 g/mol. The highest BCUT2D eigenvalue weighted by Gasteiger charge is 2.28. The zero-order chi connectivity index (χ0) is 14.7. The van der Waals surface area contributed by atoms with E-state index in [1.54, 1.807) is 6.20 Å². The molecule has 2 aliphatic heterocycles. The summed E-state index contributed by atoms with van der Waals surface area (Å²) >= 11 is 0. The molecule has 6 nitrogen and oxygen atoms in total. The first-order valence-electron chi connectivity index (χ1n) is 7.47. The summed E-state index contributed by atoms with van der Waals surface area (Å²) in [6.45, 7) is 3.12. The second kappa shape index (κ2) is 6.11. The van der Waals surface area contributed by atoms with Gasteiger partial charge in [-0.2, -0.15) is 0 Å². The molecule has 0 amide bonds. The highest BCUT2D eigenvalue weighted by atomic mass is 16.4. The number of rotatable bonds is 3. The summed E-state index contributed by atoms with van der Waals surface area (Å²) in [5.41, 5.74) is 0.975. The van der Waals surface area contributed by atoms with E-state index < -0.39 is 5.97 Å². The number of hydrogen-bond donors (Lipinski definition) is 2. The molecule has 0 saturated carbocycles. The van der Waals surface area contributed by atoms with Gasteiger partial charge in [0.1, 0.15) is 11.7 Å². The minimum atomic E-state index is -0.717. The monoisotopic (exact) mass is 288 g/mol. The average molecular weight is 288 g/mol. The summed E-state index contributed by atoms with van der Waals surface area (Å²) < 4.78 is 0. The van der Waals surface area contributed by atoms with Gasteiger partial charge < -0.3 is 15.3 Å². The van der Waals surface area contributed by atoms with Crippen LogP contribution in [0, 0.1) is 5.92 Å². The van der Waals surface area contributed by atoms with Crippen LogP contribution >= 0.6 is 0 Å². The number of nitrogens with one attached hydrogen (secondary N) is 1. The molecule has 1 saturated heterocycles. The molecule has 0 bridgehead atoms. The predicted molar refractivity (Wildman–Crippen MR) is 80.8 cm³/mol. The van der Waals surface area contributed by atoms with E-state index in [1.165, 1.54) is 0 Å². The number of carboxylic acids is 1. The first-order chi connectivity index (χ1) is 10.3. The molecule has 2 N–H and O–H groups in total. The maximum Gasteiger partial charge on any atom is 0.308 e. The van der Waals surface area contributed by atoms with Crippen LogP contribution in [0.5, 0.6) is 0 Å². The van der Waals surface area contributed by atoms with Gasteiger partial charge in [-0.05, 0) is 31.4 Å². The Morgan fingerprint density at radius 3 is 3.10 bits per heavy atom. The van der Waals surface area contributed by atoms with Crippen LogP contribution in [0.4, 0.5) is 5.82 Å². The van der Waals surface area contributed by atoms with Crippen molar-refractivity contribution in [2.24, 2.45) is 10.9 Å². The van der Waals surface area contributed by atoms with E-state index in [-0.39, 0.29) is 5.92 Å². The average Bonchev–Trinajstić information content (AvgIpc) is 2.56. The zero-order valence-electron chi connectivity index (χ0n) is 12.0. The fraction of sp³-hybridized carbons (Fsp3) is 0.533. The number of aliphatic imine (C=N–C) groups is 1. The Labute approximate surface area is 123 Å². The number of nitrogens with zero attached hydrogens (tertiary/aromatic N) is 3. The van der Waals surface area contributed by atoms with Crippen LogP contribution in [0.3, 0.4) is 0 Å². The maximum atomic E-state index is 11.2. The van der Waals surface area contributed by atoms with Gasteiger partial charge in [0.2, 0.25) is 0 Å². The standard InChI is InChI=1S/C15H20N4O2/c20-15(21)11-4-2-9-19(10-11)14-12(5-1-6-18-14)13-16-7-3-8-17-13/h1,5-6,11H,2-4,7-10H2,(H,16,17)(H,20,21). The largest absolute Gasteiger partial charge is 0.481 e. The lowest BCUT2D eigenvalue weighted by atomic mass is 9.98. The second-order valence-electron chi connectivity index (χ2n) is 5.51. The van der Waals surface area contributed by atoms with Crippen molar-refractivity contribution < 1.29 is 9.90 Å². The fourth-order valence-electron chi connectivity index (χ4n) is 2.92. The molecule has 0 radical (unpaired) electrons. The van der Waals surface area contributed by atoms with Gasteiger partial charge in [0.15, 0.2) is 0 Å². The molecule has 3 heterocycles. The van der Waals surface area contributed by atoms with Gasteiger partial charge >= 0.3 is 5.97 Å². The topological polar surface area (TPSA) is 77.8 Å². The van der Waals surface area contributed by atoms with Gasteiger partial charge in [0.25, 0.3) is 0 Å². The Hall–Kier alpha value is -2.11. The van der Waals surface area contributed by atoms with Crippen molar-refractivity contribution in [2.45, 2.75) is 19.3 Å². The Morgan fingerprint density at radius 1 is 1.43 bits per heavy atom. The smallest absolute Gasteiger partial charge is 0.308 e. The van der Waals surface area contributed by atoms with Crippen molar-refractivity contribution in [1.29, 1.82) is 0 Å². The minimum absolute atomic E-state index is 0.310. The Balaban J connectivity index is 1.88. The van der Waals surface area contributed by atoms with E-state index in [2.05, 4.69) is 20.2 Å². The van der Waals surface area contributed by atoms with E-state index >= 15 is 0 Å². The van der Waals surface area contributed by atoms with Gasteiger partial charge in [-0.25, -0.2) is 4.98 Å². The molecule has 6 heteroatoms. The van der Waals surface area contributed by atoms with Gasteiger partial charge in [-0.1, -0.05) is 0 Å². The number of piperidine rings is 1. The highest BCUT2D eigenvalue weighted by molar-refractivity contribution is 6.03. The number of pyridine rings is 1. The number of aromatic nitrogens is 1. The SMILES string of the molecule is O=C(O)C1CCCN(c2ncccc2C2=NCCCN2)C1. The molecular formula is C15H20N4O2. The number of carbonyl (C=O) groups is 1. The quantitative estimate of drug-likeness (QED) is 0.871. The van der Waals surface area contributed by atoms with Crippen molar-refractivity contribution in [3.63, 3.8) is 0 Å². The van der Waals surface area contributed by atoms with Crippen LogP contribution in [0.2, 0.25) is 0 Å². The lowest BCUT2D eigenvalue weighted by Gasteiger charge is -2.33. The summed E-state index contributed by atoms with van der Waals surface area (Å²) in [6.07, 6.45) is 4.43. The molecule has 0 aliphatic carbocycles. The third-order valence-electron chi connectivity index (χ3n) is 4.01. The zero-order valence-corrected chi connectivity index (χ0v) is 12.0. The summed E-state index contributed by atoms with van der Waals surface area (Å²) in [4.78, 5) is 22.3. The lowest BCUT2D eigenvalue weighted by Crippen LogP contribution is -2.41. The third kappa shape index (κ3) is 2.99. The first-order valence-corrected chi connectivity index (χ1v) is 7.47. The number of anilines is 1. The molecule has 1 aromatic rings. The van der Waals surface area contributed by atoms with Crippen molar-refractivity contribution in [3.8, 4) is 0 Å². The molecule has 0 aromatic carbocycles. The number of hydrogen-bond acceptors (Lipinski definition) is 5. The van der Waals surface area contributed by atoms with Gasteiger partial charge in [-0.3, -0.25) is 9.79 Å². The molecule has 112 valence electrons. The van der Waals surface area contributed by atoms with Gasteiger partial charge in [0, 0.05) is 32.4 Å². The first kappa shape index (κ1) is 13.9. The van der Waals surface area contributed by atoms with Crippen LogP contribution in [0.1, 0.15) is 24.8 Å². The van der Waals surface area contributed by atoms with E-state index in [4.69, 9.17) is 0 Å². The Bertz CT molecular complexity index is 558. The molecule has 1 atom stereocenters. The van der Waals surface area contributed by atoms with Gasteiger partial charge in [-0.15, -0.1) is 0 Å². The third-order valence-corrected chi connectivity index (χ3v) is 4.01. The van der Waals surface area contributed by atoms with Crippen molar-refractivity contribution in [3.05, 3.63) is 23.9 Å². The van der Waals surface area contributed by atoms with E-state index in [9.17, 15) is 9.90 Å². The van der Waals surface area contributed by atoms with E-state index in [0.717, 1.165) is 56.1 Å². The van der Waals surface area contributed by atoms with Crippen LogP contribution in [0.25, 0.3) is 0 Å². The summed E-state index contributed by atoms with van der Waals surface area (Å²) in [5.74, 6) is 0.693. The van der Waals surface area contributed by atoms with Crippen LogP contribution in [-0.2, 0) is 4.79 Å². The number of carboxylic acid groups (broad SMARTS) is 1. The van der Waals surface area contributed by atoms with Crippen LogP contribution < -0.4 is 10.2 Å². The van der Waals surface area contributed by atoms with Crippen LogP contribution in [0.15, 0.2) is 23.3 Å². The normalized spacial score (nSPS) is 22.4. The van der Waals surface area contributed by atoms with Gasteiger partial charge in [0.05, 0.1) is 11.5 Å². The Kier molecular flexibility index (Phi) is 4.03. The number of aliphatic carboxylic acids is 1. The van der Waals surface area contributed by atoms with Crippen molar-refractivity contribution in [2.75, 3.05) is 31.1 Å². The van der Waals surface area contributed by atoms with E-state index in [0.29, 0.717) is 6.54 Å². The minimum Gasteiger partial charge on any atom is -0.481 e.